The molecule has 1 atom stereocenters. The largest absolute Gasteiger partial charge is 0.344 e. The van der Waals surface area contributed by atoms with Gasteiger partial charge in [0.25, 0.3) is 11.5 Å². The Morgan fingerprint density at radius 1 is 1.06 bits per heavy atom. The summed E-state index contributed by atoms with van der Waals surface area (Å²) in [7, 11) is 1.85. The number of anilines is 1. The average Bonchev–Trinajstić information content (AvgIpc) is 3.46. The van der Waals surface area contributed by atoms with Gasteiger partial charge in [0.2, 0.25) is 0 Å². The molecule has 1 saturated carbocycles. The van der Waals surface area contributed by atoms with Gasteiger partial charge in [0.05, 0.1) is 28.9 Å². The highest BCUT2D eigenvalue weighted by atomic mass is 32.2. The summed E-state index contributed by atoms with van der Waals surface area (Å²) in [5.41, 5.74) is 5.66. The van der Waals surface area contributed by atoms with Crippen molar-refractivity contribution in [3.8, 4) is 17.5 Å². The lowest BCUT2D eigenvalue weighted by Crippen LogP contribution is -2.33. The van der Waals surface area contributed by atoms with Gasteiger partial charge in [-0.3, -0.25) is 23.6 Å². The first kappa shape index (κ1) is 29.1. The molecule has 0 bridgehead atoms. The van der Waals surface area contributed by atoms with Crippen LogP contribution in [0, 0.1) is 11.8 Å². The number of nitrogens with zero attached hydrogens (tertiary/aromatic N) is 6. The second-order valence-corrected chi connectivity index (χ2v) is 12.6. The van der Waals surface area contributed by atoms with Crippen molar-refractivity contribution in [2.24, 2.45) is 7.05 Å². The van der Waals surface area contributed by atoms with Crippen molar-refractivity contribution in [2.45, 2.75) is 44.7 Å². The zero-order valence-corrected chi connectivity index (χ0v) is 26.6. The maximum Gasteiger partial charge on any atom is 0.264 e. The Labute approximate surface area is 274 Å². The molecule has 0 spiro atoms. The van der Waals surface area contributed by atoms with Gasteiger partial charge in [0, 0.05) is 55.1 Å². The Morgan fingerprint density at radius 2 is 1.91 bits per heavy atom. The van der Waals surface area contributed by atoms with Crippen LogP contribution in [0.2, 0.25) is 0 Å². The van der Waals surface area contributed by atoms with E-state index in [1.165, 1.54) is 12.1 Å². The predicted molar refractivity (Wildman–Crippen MR) is 182 cm³/mol. The molecule has 1 unspecified atom stereocenters. The number of carbonyl (C=O) groups excluding carboxylic acids is 1. The van der Waals surface area contributed by atoms with Gasteiger partial charge in [-0.2, -0.15) is 5.10 Å². The van der Waals surface area contributed by atoms with Gasteiger partial charge in [-0.15, -0.1) is 5.10 Å². The van der Waals surface area contributed by atoms with Crippen LogP contribution < -0.4 is 20.3 Å². The van der Waals surface area contributed by atoms with E-state index in [0.29, 0.717) is 34.0 Å². The topological polar surface area (TPSA) is 123 Å². The standard InChI is InChI=1S/C35H31N9O2S/c1-21(38-34(45)30-32(41-47-40-25-14-15-25)39-43-18-6-17-36-33(30)43)31-27-16-13-23-11-12-24(10-9-22-19-37-42(2)20-22)29(28(23)27)35(46)44(31)26-7-4-3-5-8-26/h3-8,11-12,17-21,25,40H,13-16H2,1-2H3,(H,38,45)(H,39,41). The first-order valence-corrected chi connectivity index (χ1v) is 16.4. The molecule has 11 nitrogen and oxygen atoms in total. The van der Waals surface area contributed by atoms with E-state index in [2.05, 4.69) is 47.8 Å². The van der Waals surface area contributed by atoms with Crippen LogP contribution >= 0.6 is 12.1 Å². The number of hydrogen-bond donors (Lipinski definition) is 3. The monoisotopic (exact) mass is 641 g/mol. The maximum absolute atomic E-state index is 14.7. The van der Waals surface area contributed by atoms with Crippen molar-refractivity contribution in [3.63, 3.8) is 0 Å². The number of amides is 1. The Kier molecular flexibility index (Phi) is 7.27. The van der Waals surface area contributed by atoms with Crippen LogP contribution in [-0.4, -0.2) is 40.9 Å². The predicted octanol–water partition coefficient (Wildman–Crippen LogP) is 4.48. The number of fused-ring (bicyclic) bond motifs is 1. The van der Waals surface area contributed by atoms with Gasteiger partial charge in [-0.1, -0.05) is 36.1 Å². The maximum atomic E-state index is 14.7. The van der Waals surface area contributed by atoms with Crippen molar-refractivity contribution in [2.75, 3.05) is 4.72 Å². The smallest absolute Gasteiger partial charge is 0.264 e. The highest BCUT2D eigenvalue weighted by Gasteiger charge is 2.30. The summed E-state index contributed by atoms with van der Waals surface area (Å²) in [6, 6.07) is 15.3. The molecule has 1 fully saturated rings. The molecule has 47 heavy (non-hydrogen) atoms. The number of aromatic nitrogens is 6. The first-order chi connectivity index (χ1) is 23.0. The number of pyridine rings is 1. The van der Waals surface area contributed by atoms with E-state index in [4.69, 9.17) is 0 Å². The number of para-hydroxylation sites is 1. The Balaban J connectivity index is 1.24. The lowest BCUT2D eigenvalue weighted by atomic mass is 9.97. The van der Waals surface area contributed by atoms with Gasteiger partial charge in [-0.05, 0) is 73.4 Å². The van der Waals surface area contributed by atoms with Gasteiger partial charge in [-0.25, -0.2) is 14.2 Å². The SMILES string of the molecule is CC(NC(=O)c1c(NSNC2CC2)nn2cccnc12)c1c2c3c(ccc(C#Cc4cnn(C)c4)c3c(=O)n1-c1ccccc1)CC2. The van der Waals surface area contributed by atoms with Crippen LogP contribution in [0.25, 0.3) is 22.1 Å². The molecule has 3 N–H and O–H groups in total. The molecular weight excluding hydrogens is 611 g/mol. The second kappa shape index (κ2) is 11.8. The third-order valence-electron chi connectivity index (χ3n) is 8.60. The zero-order chi connectivity index (χ0) is 32.1. The molecular formula is C35H31N9O2S. The van der Waals surface area contributed by atoms with E-state index in [-0.39, 0.29) is 11.5 Å². The highest BCUT2D eigenvalue weighted by molar-refractivity contribution is 7.98. The van der Waals surface area contributed by atoms with Crippen molar-refractivity contribution < 1.29 is 4.79 Å². The van der Waals surface area contributed by atoms with Crippen molar-refractivity contribution in [3.05, 3.63) is 117 Å². The summed E-state index contributed by atoms with van der Waals surface area (Å²) in [5, 5.41) is 13.5. The third kappa shape index (κ3) is 5.33. The van der Waals surface area contributed by atoms with Crippen LogP contribution in [0.4, 0.5) is 5.82 Å². The summed E-state index contributed by atoms with van der Waals surface area (Å²) in [5.74, 6) is 6.50. The fraction of sp³-hybridized carbons (Fsp3) is 0.229. The molecule has 4 heterocycles. The quantitative estimate of drug-likeness (QED) is 0.164. The molecule has 0 aliphatic heterocycles. The van der Waals surface area contributed by atoms with Crippen LogP contribution in [0.5, 0.6) is 0 Å². The van der Waals surface area contributed by atoms with Gasteiger partial charge < -0.3 is 5.32 Å². The van der Waals surface area contributed by atoms with Gasteiger partial charge >= 0.3 is 0 Å². The first-order valence-electron chi connectivity index (χ1n) is 15.6. The summed E-state index contributed by atoms with van der Waals surface area (Å²) in [6.45, 7) is 1.92. The minimum absolute atomic E-state index is 0.173. The van der Waals surface area contributed by atoms with Crippen LogP contribution in [0.15, 0.2) is 78.1 Å². The molecule has 6 aromatic rings. The Hall–Kier alpha value is -5.38. The summed E-state index contributed by atoms with van der Waals surface area (Å²) in [6.07, 6.45) is 10.8. The number of hydrogen-bond acceptors (Lipinski definition) is 8. The lowest BCUT2D eigenvalue weighted by molar-refractivity contribution is 0.0941. The number of carbonyl (C=O) groups is 1. The van der Waals surface area contributed by atoms with E-state index in [0.717, 1.165) is 59.1 Å². The second-order valence-electron chi connectivity index (χ2n) is 11.9. The summed E-state index contributed by atoms with van der Waals surface area (Å²) < 4.78 is 11.6. The minimum Gasteiger partial charge on any atom is -0.344 e. The van der Waals surface area contributed by atoms with E-state index in [1.807, 2.05) is 56.6 Å². The summed E-state index contributed by atoms with van der Waals surface area (Å²) in [4.78, 5) is 33.3. The molecule has 1 amide bonds. The Bertz CT molecular complexity index is 2310. The fourth-order valence-corrected chi connectivity index (χ4v) is 7.00. The van der Waals surface area contributed by atoms with E-state index >= 15 is 0 Å². The third-order valence-corrected chi connectivity index (χ3v) is 9.34. The molecule has 2 aliphatic rings. The average molecular weight is 642 g/mol. The number of aryl methyl sites for hydroxylation is 3. The molecule has 4 aromatic heterocycles. The normalized spacial score (nSPS) is 14.3. The molecule has 2 aromatic carbocycles. The fourth-order valence-electron chi connectivity index (χ4n) is 6.30. The van der Waals surface area contributed by atoms with Crippen LogP contribution in [0.3, 0.4) is 0 Å². The van der Waals surface area contributed by atoms with Crippen LogP contribution in [0.1, 0.15) is 64.1 Å². The van der Waals surface area contributed by atoms with Crippen molar-refractivity contribution in [1.82, 2.24) is 39.0 Å². The zero-order valence-electron chi connectivity index (χ0n) is 25.8. The lowest BCUT2D eigenvalue weighted by Gasteiger charge is -2.24. The van der Waals surface area contributed by atoms with E-state index in [1.54, 1.807) is 38.4 Å². The molecule has 0 saturated heterocycles. The highest BCUT2D eigenvalue weighted by Crippen LogP contribution is 2.37. The molecule has 2 aliphatic carbocycles. The number of nitrogens with one attached hydrogen (secondary N) is 3. The van der Waals surface area contributed by atoms with Crippen molar-refractivity contribution in [1.29, 1.82) is 0 Å². The minimum atomic E-state index is -0.533. The van der Waals surface area contributed by atoms with Gasteiger partial charge in [0.1, 0.15) is 5.56 Å². The molecule has 234 valence electrons. The Morgan fingerprint density at radius 3 is 2.70 bits per heavy atom. The van der Waals surface area contributed by atoms with Crippen molar-refractivity contribution >= 4 is 40.3 Å². The molecule has 8 rings (SSSR count). The molecule has 0 radical (unpaired) electrons. The number of rotatable bonds is 8. The van der Waals surface area contributed by atoms with Crippen LogP contribution in [-0.2, 0) is 19.9 Å². The van der Waals surface area contributed by atoms with E-state index < -0.39 is 6.04 Å². The summed E-state index contributed by atoms with van der Waals surface area (Å²) >= 11 is 1.32. The van der Waals surface area contributed by atoms with E-state index in [9.17, 15) is 9.59 Å². The molecule has 12 heteroatoms. The number of benzene rings is 2. The van der Waals surface area contributed by atoms with Gasteiger partial charge in [0.15, 0.2) is 11.5 Å².